The maximum absolute atomic E-state index is 15.9. The van der Waals surface area contributed by atoms with Crippen molar-refractivity contribution in [2.45, 2.75) is 45.4 Å². The molecule has 2 aromatic heterocycles. The molecule has 3 heterocycles. The number of amides is 2. The van der Waals surface area contributed by atoms with Crippen molar-refractivity contribution in [2.24, 2.45) is 11.7 Å². The van der Waals surface area contributed by atoms with Gasteiger partial charge in [-0.25, -0.2) is 13.9 Å². The Hall–Kier alpha value is -4.77. The number of halogens is 1. The number of benzene rings is 2. The third-order valence-corrected chi connectivity index (χ3v) is 8.84. The number of aliphatic hydroxyl groups excluding tert-OH is 1. The van der Waals surface area contributed by atoms with Crippen LogP contribution >= 0.6 is 0 Å². The maximum Gasteiger partial charge on any atom is 0.270 e. The zero-order valence-corrected chi connectivity index (χ0v) is 26.1. The first-order valence-electron chi connectivity index (χ1n) is 15.8. The molecule has 6 rings (SSSR count). The Morgan fingerprint density at radius 3 is 2.70 bits per heavy atom. The van der Waals surface area contributed by atoms with Crippen LogP contribution < -0.4 is 20.7 Å². The van der Waals surface area contributed by atoms with Crippen molar-refractivity contribution in [2.75, 3.05) is 37.7 Å². The summed E-state index contributed by atoms with van der Waals surface area (Å²) in [5.41, 5.74) is 11.6. The van der Waals surface area contributed by atoms with Crippen LogP contribution in [0.15, 0.2) is 54.6 Å². The number of carbonyl (C=O) groups is 2. The van der Waals surface area contributed by atoms with Crippen LogP contribution in [0.3, 0.4) is 0 Å². The summed E-state index contributed by atoms with van der Waals surface area (Å²) in [6.07, 6.45) is 5.27. The summed E-state index contributed by atoms with van der Waals surface area (Å²) in [6.45, 7) is 5.19. The molecule has 10 nitrogen and oxygen atoms in total. The average Bonchev–Trinajstić information content (AvgIpc) is 3.61. The van der Waals surface area contributed by atoms with E-state index < -0.39 is 5.82 Å². The van der Waals surface area contributed by atoms with Gasteiger partial charge in [-0.1, -0.05) is 30.3 Å². The lowest BCUT2D eigenvalue weighted by Gasteiger charge is -2.21. The van der Waals surface area contributed by atoms with Crippen LogP contribution in [0.2, 0.25) is 0 Å². The number of primary amides is 1. The first kappa shape index (κ1) is 31.2. The number of allylic oxidation sites excluding steroid dienone is 2. The molecule has 2 aliphatic rings. The zero-order valence-electron chi connectivity index (χ0n) is 26.1. The second-order valence-electron chi connectivity index (χ2n) is 12.0. The molecule has 1 aliphatic carbocycles. The summed E-state index contributed by atoms with van der Waals surface area (Å²) in [4.78, 5) is 31.6. The van der Waals surface area contributed by atoms with Gasteiger partial charge in [0.05, 0.1) is 18.1 Å². The molecule has 1 aliphatic heterocycles. The van der Waals surface area contributed by atoms with Gasteiger partial charge in [0.2, 0.25) is 5.91 Å². The van der Waals surface area contributed by atoms with Gasteiger partial charge in [-0.05, 0) is 68.4 Å². The largest absolute Gasteiger partial charge is 0.490 e. The minimum Gasteiger partial charge on any atom is -0.490 e. The number of hydrogen-bond donors (Lipinski definition) is 3. The van der Waals surface area contributed by atoms with Crippen LogP contribution in [0.1, 0.15) is 66.3 Å². The van der Waals surface area contributed by atoms with Crippen LogP contribution in [0.4, 0.5) is 10.1 Å². The number of nitrogens with zero attached hydrogens (tertiary/aromatic N) is 4. The third kappa shape index (κ3) is 6.46. The second kappa shape index (κ2) is 13.3. The SMILES string of the molecule is C/C=C(/C)c1ccccc1CCNC(=O)c1cc(C2CC2)n2nc(-c3c(F)cc(N4CC[C@H](C(N)=O)C4)cc3OCCO)cc2n1. The first-order valence-corrected chi connectivity index (χ1v) is 15.8. The Morgan fingerprint density at radius 2 is 1.98 bits per heavy atom. The highest BCUT2D eigenvalue weighted by Gasteiger charge is 2.31. The van der Waals surface area contributed by atoms with Crippen LogP contribution in [0.5, 0.6) is 5.75 Å². The number of nitrogens with two attached hydrogens (primary N) is 1. The van der Waals surface area contributed by atoms with Crippen molar-refractivity contribution in [3.8, 4) is 17.0 Å². The lowest BCUT2D eigenvalue weighted by atomic mass is 9.98. The van der Waals surface area contributed by atoms with Crippen molar-refractivity contribution < 1.29 is 23.8 Å². The molecule has 4 aromatic rings. The predicted molar refractivity (Wildman–Crippen MR) is 174 cm³/mol. The van der Waals surface area contributed by atoms with Gasteiger partial charge in [-0.15, -0.1) is 0 Å². The van der Waals surface area contributed by atoms with E-state index in [0.29, 0.717) is 49.5 Å². The van der Waals surface area contributed by atoms with E-state index in [0.717, 1.165) is 24.1 Å². The van der Waals surface area contributed by atoms with E-state index in [4.69, 9.17) is 15.6 Å². The lowest BCUT2D eigenvalue weighted by Crippen LogP contribution is -2.27. The molecule has 0 radical (unpaired) electrons. The Kier molecular flexibility index (Phi) is 9.03. The van der Waals surface area contributed by atoms with Crippen LogP contribution in [0.25, 0.3) is 22.5 Å². The zero-order chi connectivity index (χ0) is 32.4. The molecule has 2 fully saturated rings. The summed E-state index contributed by atoms with van der Waals surface area (Å²) >= 11 is 0. The molecule has 240 valence electrons. The molecule has 2 amide bonds. The lowest BCUT2D eigenvalue weighted by molar-refractivity contribution is -0.121. The second-order valence-corrected chi connectivity index (χ2v) is 12.0. The van der Waals surface area contributed by atoms with Crippen molar-refractivity contribution in [3.63, 3.8) is 0 Å². The topological polar surface area (TPSA) is 135 Å². The van der Waals surface area contributed by atoms with Crippen molar-refractivity contribution in [1.82, 2.24) is 19.9 Å². The highest BCUT2D eigenvalue weighted by atomic mass is 19.1. The standard InChI is InChI=1S/C35H39FN6O4/c1-3-21(2)26-7-5-4-6-22(26)10-12-38-35(45)29-18-30(23-8-9-23)42-32(39-29)19-28(40-42)33-27(36)16-25(17-31(33)46-15-14-43)41-13-11-24(20-41)34(37)44/h3-7,16-19,23-24,43H,8-15,20H2,1-2H3,(H2,37,44)(H,38,45)/b21-3-/t24-/m0/s1. The van der Waals surface area contributed by atoms with E-state index >= 15 is 4.39 Å². The van der Waals surface area contributed by atoms with Crippen molar-refractivity contribution >= 4 is 28.7 Å². The molecular weight excluding hydrogens is 587 g/mol. The van der Waals surface area contributed by atoms with E-state index in [1.807, 2.05) is 24.0 Å². The highest BCUT2D eigenvalue weighted by molar-refractivity contribution is 5.93. The number of aromatic nitrogens is 3. The predicted octanol–water partition coefficient (Wildman–Crippen LogP) is 4.49. The molecule has 1 saturated carbocycles. The summed E-state index contributed by atoms with van der Waals surface area (Å²) in [6, 6.07) is 14.7. The summed E-state index contributed by atoms with van der Waals surface area (Å²) in [7, 11) is 0. The maximum atomic E-state index is 15.9. The number of rotatable bonds is 12. The van der Waals surface area contributed by atoms with Gasteiger partial charge in [-0.2, -0.15) is 5.10 Å². The quantitative estimate of drug-likeness (QED) is 0.211. The number of hydrogen-bond acceptors (Lipinski definition) is 7. The van der Waals surface area contributed by atoms with E-state index in [1.165, 1.54) is 17.2 Å². The molecule has 11 heteroatoms. The van der Waals surface area contributed by atoms with Crippen molar-refractivity contribution in [3.05, 3.63) is 82.9 Å². The van der Waals surface area contributed by atoms with Gasteiger partial charge in [0.25, 0.3) is 5.91 Å². The van der Waals surface area contributed by atoms with E-state index in [-0.39, 0.29) is 53.9 Å². The monoisotopic (exact) mass is 626 g/mol. The summed E-state index contributed by atoms with van der Waals surface area (Å²) in [5, 5.41) is 17.2. The Labute approximate surface area is 267 Å². The van der Waals surface area contributed by atoms with Gasteiger partial charge in [0.15, 0.2) is 5.65 Å². The minimum atomic E-state index is -0.559. The van der Waals surface area contributed by atoms with Gasteiger partial charge in [0, 0.05) is 49.1 Å². The normalized spacial score (nSPS) is 16.7. The summed E-state index contributed by atoms with van der Waals surface area (Å²) in [5.74, 6) is -1.08. The fraction of sp³-hybridized carbons (Fsp3) is 0.371. The molecule has 4 N–H and O–H groups in total. The van der Waals surface area contributed by atoms with Crippen LogP contribution in [-0.2, 0) is 11.2 Å². The molecule has 0 spiro atoms. The molecular formula is C35H39FN6O4. The molecule has 0 bridgehead atoms. The van der Waals surface area contributed by atoms with Crippen molar-refractivity contribution in [1.29, 1.82) is 0 Å². The van der Waals surface area contributed by atoms with Crippen LogP contribution in [0, 0.1) is 11.7 Å². The third-order valence-electron chi connectivity index (χ3n) is 8.84. The van der Waals surface area contributed by atoms with Crippen LogP contribution in [-0.4, -0.2) is 64.4 Å². The molecule has 0 unspecified atom stereocenters. The number of ether oxygens (including phenoxy) is 1. The smallest absolute Gasteiger partial charge is 0.270 e. The van der Waals surface area contributed by atoms with E-state index in [2.05, 4.69) is 35.4 Å². The van der Waals surface area contributed by atoms with E-state index in [9.17, 15) is 14.7 Å². The van der Waals surface area contributed by atoms with Gasteiger partial charge < -0.3 is 25.8 Å². The first-order chi connectivity index (χ1) is 22.3. The molecule has 1 atom stereocenters. The fourth-order valence-corrected chi connectivity index (χ4v) is 6.08. The molecule has 46 heavy (non-hydrogen) atoms. The average molecular weight is 627 g/mol. The van der Waals surface area contributed by atoms with E-state index in [1.54, 1.807) is 22.7 Å². The number of aliphatic hydroxyl groups is 1. The number of nitrogens with one attached hydrogen (secondary N) is 1. The Morgan fingerprint density at radius 1 is 1.17 bits per heavy atom. The number of anilines is 1. The minimum absolute atomic E-state index is 0.0398. The highest BCUT2D eigenvalue weighted by Crippen LogP contribution is 2.42. The van der Waals surface area contributed by atoms with Gasteiger partial charge >= 0.3 is 0 Å². The number of fused-ring (bicyclic) bond motifs is 1. The van der Waals surface area contributed by atoms with Gasteiger partial charge in [-0.3, -0.25) is 9.59 Å². The Balaban J connectivity index is 1.28. The number of carbonyl (C=O) groups excluding carboxylic acids is 2. The summed E-state index contributed by atoms with van der Waals surface area (Å²) < 4.78 is 23.4. The molecule has 1 saturated heterocycles. The fourth-order valence-electron chi connectivity index (χ4n) is 6.08. The Bertz CT molecular complexity index is 1810. The molecule has 2 aromatic carbocycles. The van der Waals surface area contributed by atoms with Gasteiger partial charge in [0.1, 0.15) is 29.6 Å².